The van der Waals surface area contributed by atoms with Gasteiger partial charge < -0.3 is 5.32 Å². The number of carbonyl (C=O) groups is 1. The first-order valence-corrected chi connectivity index (χ1v) is 13.6. The number of rotatable bonds is 8. The molecule has 2 N–H and O–H groups in total. The molecule has 11 heteroatoms. The summed E-state index contributed by atoms with van der Waals surface area (Å²) in [6.07, 6.45) is 2.51. The highest BCUT2D eigenvalue weighted by Crippen LogP contribution is 2.25. The Morgan fingerprint density at radius 2 is 1.56 bits per heavy atom. The number of carbonyl (C=O) groups excluding carboxylic acids is 1. The molecule has 3 rings (SSSR count). The molecule has 2 aromatic carbocycles. The minimum atomic E-state index is -3.86. The van der Waals surface area contributed by atoms with Gasteiger partial charge in [0, 0.05) is 11.9 Å². The first-order chi connectivity index (χ1) is 15.9. The molecule has 34 heavy (non-hydrogen) atoms. The van der Waals surface area contributed by atoms with Crippen LogP contribution in [0.15, 0.2) is 71.8 Å². The Kier molecular flexibility index (Phi) is 7.27. The Morgan fingerprint density at radius 3 is 2.09 bits per heavy atom. The van der Waals surface area contributed by atoms with E-state index in [1.807, 2.05) is 19.9 Å². The highest BCUT2D eigenvalue weighted by molar-refractivity contribution is 7.92. The molecular weight excluding hydrogens is 476 g/mol. The van der Waals surface area contributed by atoms with E-state index in [0.717, 1.165) is 21.7 Å². The van der Waals surface area contributed by atoms with Crippen LogP contribution >= 0.6 is 0 Å². The van der Waals surface area contributed by atoms with Crippen LogP contribution < -0.4 is 14.3 Å². The Bertz CT molecular complexity index is 1370. The lowest BCUT2D eigenvalue weighted by atomic mass is 10.1. The third-order valence-electron chi connectivity index (χ3n) is 4.89. The molecule has 3 aromatic rings. The van der Waals surface area contributed by atoms with Crippen molar-refractivity contribution < 1.29 is 21.6 Å². The molecule has 0 saturated carbocycles. The van der Waals surface area contributed by atoms with Gasteiger partial charge in [-0.2, -0.15) is 0 Å². The van der Waals surface area contributed by atoms with E-state index < -0.39 is 32.0 Å². The van der Waals surface area contributed by atoms with Crippen LogP contribution in [0.25, 0.3) is 0 Å². The summed E-state index contributed by atoms with van der Waals surface area (Å²) in [6.45, 7) is 5.18. The first kappa shape index (κ1) is 25.2. The van der Waals surface area contributed by atoms with Gasteiger partial charge in [-0.3, -0.25) is 13.8 Å². The average Bonchev–Trinajstić information content (AvgIpc) is 2.73. The van der Waals surface area contributed by atoms with Crippen LogP contribution in [0.1, 0.15) is 18.1 Å². The Morgan fingerprint density at radius 1 is 0.941 bits per heavy atom. The van der Waals surface area contributed by atoms with Gasteiger partial charge in [0.05, 0.1) is 16.8 Å². The van der Waals surface area contributed by atoms with Crippen molar-refractivity contribution in [3.05, 3.63) is 78.0 Å². The van der Waals surface area contributed by atoms with Gasteiger partial charge in [-0.1, -0.05) is 12.1 Å². The van der Waals surface area contributed by atoms with Gasteiger partial charge in [0.15, 0.2) is 0 Å². The highest BCUT2D eigenvalue weighted by atomic mass is 32.2. The van der Waals surface area contributed by atoms with E-state index in [2.05, 4.69) is 15.0 Å². The maximum Gasteiger partial charge on any atom is 0.263 e. The number of anilines is 3. The van der Waals surface area contributed by atoms with Gasteiger partial charge >= 0.3 is 0 Å². The largest absolute Gasteiger partial charge is 0.324 e. The molecule has 0 bridgehead atoms. The molecule has 1 heterocycles. The molecule has 0 fully saturated rings. The van der Waals surface area contributed by atoms with Crippen LogP contribution in [-0.4, -0.2) is 40.0 Å². The quantitative estimate of drug-likeness (QED) is 0.487. The van der Waals surface area contributed by atoms with Crippen LogP contribution in [-0.2, 0) is 24.8 Å². The van der Waals surface area contributed by atoms with Crippen molar-refractivity contribution in [2.75, 3.05) is 20.6 Å². The number of aryl methyl sites for hydroxylation is 2. The summed E-state index contributed by atoms with van der Waals surface area (Å²) in [5.41, 5.74) is 2.45. The molecule has 0 aliphatic heterocycles. The summed E-state index contributed by atoms with van der Waals surface area (Å²) in [7, 11) is -7.63. The number of sulfonamides is 2. The molecular formula is C23H26N4O5S2. The number of nitrogens with one attached hydrogen (secondary N) is 2. The van der Waals surface area contributed by atoms with Gasteiger partial charge in [0.25, 0.3) is 10.0 Å². The van der Waals surface area contributed by atoms with E-state index in [4.69, 9.17) is 0 Å². The van der Waals surface area contributed by atoms with Crippen molar-refractivity contribution >= 4 is 43.1 Å². The monoisotopic (exact) mass is 502 g/mol. The second-order valence-electron chi connectivity index (χ2n) is 7.91. The number of benzene rings is 2. The summed E-state index contributed by atoms with van der Waals surface area (Å²) in [5.74, 6) is -0.382. The average molecular weight is 503 g/mol. The molecule has 1 aromatic heterocycles. The van der Waals surface area contributed by atoms with E-state index in [1.54, 1.807) is 24.3 Å². The predicted molar refractivity (Wildman–Crippen MR) is 133 cm³/mol. The maximum absolute atomic E-state index is 12.9. The van der Waals surface area contributed by atoms with Crippen LogP contribution in [0.2, 0.25) is 0 Å². The van der Waals surface area contributed by atoms with Crippen molar-refractivity contribution in [2.24, 2.45) is 0 Å². The summed E-state index contributed by atoms with van der Waals surface area (Å²) in [6, 6.07) is 14.6. The third-order valence-corrected chi connectivity index (χ3v) is 7.50. The van der Waals surface area contributed by atoms with Crippen molar-refractivity contribution in [2.45, 2.75) is 31.7 Å². The fourth-order valence-corrected chi connectivity index (χ4v) is 5.64. The van der Waals surface area contributed by atoms with Crippen LogP contribution in [0.4, 0.5) is 17.2 Å². The molecule has 0 spiro atoms. The number of aromatic nitrogens is 1. The van der Waals surface area contributed by atoms with Gasteiger partial charge in [-0.15, -0.1) is 0 Å². The van der Waals surface area contributed by atoms with Crippen LogP contribution in [0.5, 0.6) is 0 Å². The first-order valence-electron chi connectivity index (χ1n) is 10.3. The molecule has 180 valence electrons. The number of nitrogens with zero attached hydrogens (tertiary/aromatic N) is 2. The molecule has 0 unspecified atom stereocenters. The standard InChI is InChI=1S/C23H26N4O5S2/c1-16-13-17(2)15-20(14-16)27(33(4,29)30)18(3)23(28)25-19-8-10-21(11-9-19)34(31,32)26-22-7-5-6-12-24-22/h5-15,18H,1-4H3,(H,24,26)(H,25,28)/t18-/m1/s1. The molecule has 1 atom stereocenters. The summed E-state index contributed by atoms with van der Waals surface area (Å²) in [5, 5.41) is 2.65. The Hall–Kier alpha value is -3.44. The Balaban J connectivity index is 1.78. The van der Waals surface area contributed by atoms with E-state index in [9.17, 15) is 21.6 Å². The number of pyridine rings is 1. The van der Waals surface area contributed by atoms with E-state index in [0.29, 0.717) is 11.4 Å². The van der Waals surface area contributed by atoms with Crippen molar-refractivity contribution in [3.8, 4) is 0 Å². The summed E-state index contributed by atoms with van der Waals surface area (Å²) in [4.78, 5) is 16.8. The van der Waals surface area contributed by atoms with Crippen molar-refractivity contribution in [1.82, 2.24) is 4.98 Å². The zero-order valence-electron chi connectivity index (χ0n) is 19.2. The second-order valence-corrected chi connectivity index (χ2v) is 11.5. The topological polar surface area (TPSA) is 126 Å². The van der Waals surface area contributed by atoms with E-state index >= 15 is 0 Å². The van der Waals surface area contributed by atoms with Crippen LogP contribution in [0.3, 0.4) is 0 Å². The van der Waals surface area contributed by atoms with Crippen LogP contribution in [0, 0.1) is 13.8 Å². The molecule has 9 nitrogen and oxygen atoms in total. The highest BCUT2D eigenvalue weighted by Gasteiger charge is 2.29. The van der Waals surface area contributed by atoms with Gasteiger partial charge in [-0.05, 0) is 80.4 Å². The molecule has 0 radical (unpaired) electrons. The van der Waals surface area contributed by atoms with Crippen molar-refractivity contribution in [3.63, 3.8) is 0 Å². The lowest BCUT2D eigenvalue weighted by Gasteiger charge is -2.28. The zero-order valence-corrected chi connectivity index (χ0v) is 20.8. The SMILES string of the molecule is Cc1cc(C)cc(N([C@H](C)C(=O)Nc2ccc(S(=O)(=O)Nc3ccccn3)cc2)S(C)(=O)=O)c1. The van der Waals surface area contributed by atoms with Gasteiger partial charge in [0.1, 0.15) is 11.9 Å². The molecule has 1 amide bonds. The van der Waals surface area contributed by atoms with E-state index in [-0.39, 0.29) is 10.7 Å². The smallest absolute Gasteiger partial charge is 0.263 e. The molecule has 0 aliphatic rings. The minimum absolute atomic E-state index is 0.0165. The number of amides is 1. The van der Waals surface area contributed by atoms with Gasteiger partial charge in [0.2, 0.25) is 15.9 Å². The lowest BCUT2D eigenvalue weighted by molar-refractivity contribution is -0.116. The van der Waals surface area contributed by atoms with Crippen molar-refractivity contribution in [1.29, 1.82) is 0 Å². The number of hydrogen-bond acceptors (Lipinski definition) is 6. The third kappa shape index (κ3) is 6.12. The number of hydrogen-bond donors (Lipinski definition) is 2. The summed E-state index contributed by atoms with van der Waals surface area (Å²) >= 11 is 0. The van der Waals surface area contributed by atoms with E-state index in [1.165, 1.54) is 43.5 Å². The minimum Gasteiger partial charge on any atom is -0.324 e. The fraction of sp³-hybridized carbons (Fsp3) is 0.217. The zero-order chi connectivity index (χ0) is 25.1. The molecule has 0 aliphatic carbocycles. The predicted octanol–water partition coefficient (Wildman–Crippen LogP) is 3.29. The normalized spacial score (nSPS) is 12.6. The van der Waals surface area contributed by atoms with Gasteiger partial charge in [-0.25, -0.2) is 21.8 Å². The summed E-state index contributed by atoms with van der Waals surface area (Å²) < 4.78 is 53.6. The fourth-order valence-electron chi connectivity index (χ4n) is 3.47. The second kappa shape index (κ2) is 9.82. The molecule has 0 saturated heterocycles. The lowest BCUT2D eigenvalue weighted by Crippen LogP contribution is -2.45. The Labute approximate surface area is 199 Å². The maximum atomic E-state index is 12.9.